The van der Waals surface area contributed by atoms with Crippen LogP contribution in [0.25, 0.3) is 6.08 Å². The largest absolute Gasteiger partial charge is 0.507 e. The first kappa shape index (κ1) is 16.2. The normalized spacial score (nSPS) is 16.1. The number of amides is 1. The first-order chi connectivity index (χ1) is 11.5. The maximum Gasteiger partial charge on any atom is 0.286 e. The van der Waals surface area contributed by atoms with Crippen LogP contribution in [0.4, 0.5) is 11.4 Å². The Balaban J connectivity index is 1.87. The quantitative estimate of drug-likeness (QED) is 0.627. The Morgan fingerprint density at radius 3 is 2.58 bits per heavy atom. The average Bonchev–Trinajstić information content (AvgIpc) is 2.86. The van der Waals surface area contributed by atoms with Gasteiger partial charge < -0.3 is 10.8 Å². The zero-order valence-electron chi connectivity index (χ0n) is 12.2. The summed E-state index contributed by atoms with van der Waals surface area (Å²) in [5.41, 5.74) is 7.06. The highest BCUT2D eigenvalue weighted by molar-refractivity contribution is 8.18. The first-order valence-electron chi connectivity index (χ1n) is 6.79. The van der Waals surface area contributed by atoms with Crippen molar-refractivity contribution in [2.75, 3.05) is 0 Å². The van der Waals surface area contributed by atoms with E-state index in [4.69, 9.17) is 17.3 Å². The van der Waals surface area contributed by atoms with Crippen LogP contribution in [-0.4, -0.2) is 16.2 Å². The molecular weight excluding hydrogens is 348 g/mol. The van der Waals surface area contributed by atoms with Crippen molar-refractivity contribution in [2.24, 2.45) is 21.0 Å². The van der Waals surface area contributed by atoms with Gasteiger partial charge in [0.2, 0.25) is 0 Å². The summed E-state index contributed by atoms with van der Waals surface area (Å²) in [7, 11) is 0. The highest BCUT2D eigenvalue weighted by Gasteiger charge is 2.20. The van der Waals surface area contributed by atoms with Gasteiger partial charge in [0.15, 0.2) is 5.17 Å². The molecule has 24 heavy (non-hydrogen) atoms. The van der Waals surface area contributed by atoms with E-state index in [1.54, 1.807) is 36.4 Å². The van der Waals surface area contributed by atoms with E-state index in [0.29, 0.717) is 26.9 Å². The van der Waals surface area contributed by atoms with Gasteiger partial charge in [0, 0.05) is 10.6 Å². The zero-order chi connectivity index (χ0) is 17.1. The monoisotopic (exact) mass is 358 g/mol. The van der Waals surface area contributed by atoms with Crippen LogP contribution >= 0.6 is 23.4 Å². The average molecular weight is 359 g/mol. The molecule has 0 unspecified atom stereocenters. The van der Waals surface area contributed by atoms with Crippen LogP contribution in [0, 0.1) is 0 Å². The first-order valence-corrected chi connectivity index (χ1v) is 7.99. The predicted molar refractivity (Wildman–Crippen MR) is 95.9 cm³/mol. The summed E-state index contributed by atoms with van der Waals surface area (Å²) in [5, 5.41) is 18.9. The molecule has 0 spiro atoms. The summed E-state index contributed by atoms with van der Waals surface area (Å²) < 4.78 is 0. The second-order valence-electron chi connectivity index (χ2n) is 4.79. The number of thioether (sulfide) groups is 1. The molecule has 1 heterocycles. The van der Waals surface area contributed by atoms with E-state index in [1.807, 2.05) is 0 Å². The fourth-order valence-electron chi connectivity index (χ4n) is 1.94. The molecule has 0 radical (unpaired) electrons. The van der Waals surface area contributed by atoms with Crippen LogP contribution in [0.3, 0.4) is 0 Å². The molecular formula is C16H11ClN4O2S. The number of benzene rings is 2. The molecule has 3 rings (SSSR count). The van der Waals surface area contributed by atoms with E-state index < -0.39 is 5.91 Å². The number of aromatic hydroxyl groups is 1. The molecule has 0 saturated carbocycles. The number of halogens is 1. The number of rotatable bonds is 3. The molecule has 0 saturated heterocycles. The topological polar surface area (TPSA) is 100 Å². The number of phenols is 1. The summed E-state index contributed by atoms with van der Waals surface area (Å²) in [5.74, 6) is -0.411. The van der Waals surface area contributed by atoms with Crippen molar-refractivity contribution in [3.8, 4) is 5.75 Å². The van der Waals surface area contributed by atoms with Gasteiger partial charge in [-0.3, -0.25) is 4.79 Å². The maximum atomic E-state index is 11.6. The number of hydrogen-bond acceptors (Lipinski definition) is 6. The van der Waals surface area contributed by atoms with Crippen LogP contribution in [0.1, 0.15) is 5.56 Å². The van der Waals surface area contributed by atoms with Gasteiger partial charge in [0.1, 0.15) is 5.75 Å². The van der Waals surface area contributed by atoms with Gasteiger partial charge in [-0.1, -0.05) is 17.7 Å². The second-order valence-corrected chi connectivity index (χ2v) is 6.29. The standard InChI is InChI=1S/C16H11ClN4O2S/c17-10-2-1-3-11(8-10)20-21-12-4-5-13(22)9(6-12)7-14-15(23)19-16(18)24-14/h1-8,22H,(H2,18,19,23)/b14-7-,21-20?. The zero-order valence-corrected chi connectivity index (χ0v) is 13.8. The molecule has 6 nitrogen and oxygen atoms in total. The van der Waals surface area contributed by atoms with Crippen LogP contribution in [0.15, 0.2) is 62.6 Å². The smallest absolute Gasteiger partial charge is 0.286 e. The van der Waals surface area contributed by atoms with Crippen molar-refractivity contribution in [3.05, 3.63) is 58.0 Å². The van der Waals surface area contributed by atoms with E-state index >= 15 is 0 Å². The van der Waals surface area contributed by atoms with Gasteiger partial charge in [0.05, 0.1) is 16.3 Å². The third-order valence-electron chi connectivity index (χ3n) is 3.02. The lowest BCUT2D eigenvalue weighted by Gasteiger charge is -2.01. The molecule has 8 heteroatoms. The van der Waals surface area contributed by atoms with Crippen molar-refractivity contribution in [1.82, 2.24) is 0 Å². The Morgan fingerprint density at radius 1 is 1.17 bits per heavy atom. The fraction of sp³-hybridized carbons (Fsp3) is 0. The molecule has 1 aliphatic heterocycles. The van der Waals surface area contributed by atoms with Crippen LogP contribution in [-0.2, 0) is 4.79 Å². The lowest BCUT2D eigenvalue weighted by molar-refractivity contribution is -0.113. The molecule has 2 aromatic rings. The van der Waals surface area contributed by atoms with Gasteiger partial charge in [0.25, 0.3) is 5.91 Å². The number of hydrogen-bond donors (Lipinski definition) is 2. The summed E-state index contributed by atoms with van der Waals surface area (Å²) >= 11 is 6.95. The Hall–Kier alpha value is -2.64. The van der Waals surface area contributed by atoms with Gasteiger partial charge in [-0.05, 0) is 54.2 Å². The van der Waals surface area contributed by atoms with Crippen molar-refractivity contribution < 1.29 is 9.90 Å². The molecule has 0 bridgehead atoms. The highest BCUT2D eigenvalue weighted by Crippen LogP contribution is 2.31. The van der Waals surface area contributed by atoms with Crippen molar-refractivity contribution in [3.63, 3.8) is 0 Å². The van der Waals surface area contributed by atoms with E-state index in [0.717, 1.165) is 11.8 Å². The maximum absolute atomic E-state index is 11.6. The van der Waals surface area contributed by atoms with Gasteiger partial charge in [-0.2, -0.15) is 15.2 Å². The van der Waals surface area contributed by atoms with Gasteiger partial charge >= 0.3 is 0 Å². The number of carbonyl (C=O) groups is 1. The molecule has 1 amide bonds. The van der Waals surface area contributed by atoms with Crippen LogP contribution in [0.5, 0.6) is 5.75 Å². The number of nitrogens with two attached hydrogens (primary N) is 1. The second kappa shape index (κ2) is 6.86. The minimum absolute atomic E-state index is 0.0167. The molecule has 0 aliphatic carbocycles. The number of nitrogens with zero attached hydrogens (tertiary/aromatic N) is 3. The Labute approximate surface area is 146 Å². The number of phenolic OH excluding ortho intramolecular Hbond substituents is 1. The molecule has 3 N–H and O–H groups in total. The summed E-state index contributed by atoms with van der Waals surface area (Å²) in [6.45, 7) is 0. The SMILES string of the molecule is NC1=NC(=O)/C(=C/c2cc(N=Nc3cccc(Cl)c3)ccc2O)S1. The minimum atomic E-state index is -0.428. The molecule has 0 aromatic heterocycles. The van der Waals surface area contributed by atoms with Crippen molar-refractivity contribution in [2.45, 2.75) is 0 Å². The molecule has 0 fully saturated rings. The van der Waals surface area contributed by atoms with E-state index in [-0.39, 0.29) is 10.9 Å². The highest BCUT2D eigenvalue weighted by atomic mass is 35.5. The van der Waals surface area contributed by atoms with Crippen LogP contribution < -0.4 is 5.73 Å². The molecule has 1 aliphatic rings. The molecule has 120 valence electrons. The summed E-state index contributed by atoms with van der Waals surface area (Å²) in [6.07, 6.45) is 1.52. The lowest BCUT2D eigenvalue weighted by Crippen LogP contribution is -2.01. The Bertz CT molecular complexity index is 909. The summed E-state index contributed by atoms with van der Waals surface area (Å²) in [6, 6.07) is 11.7. The van der Waals surface area contributed by atoms with E-state index in [2.05, 4.69) is 15.2 Å². The molecule has 2 aromatic carbocycles. The Morgan fingerprint density at radius 2 is 1.92 bits per heavy atom. The number of amidine groups is 1. The van der Waals surface area contributed by atoms with E-state index in [1.165, 1.54) is 12.1 Å². The van der Waals surface area contributed by atoms with E-state index in [9.17, 15) is 9.90 Å². The minimum Gasteiger partial charge on any atom is -0.507 e. The van der Waals surface area contributed by atoms with Gasteiger partial charge in [-0.15, -0.1) is 0 Å². The van der Waals surface area contributed by atoms with Gasteiger partial charge in [-0.25, -0.2) is 0 Å². The molecule has 0 atom stereocenters. The third kappa shape index (κ3) is 3.81. The van der Waals surface area contributed by atoms with Crippen molar-refractivity contribution in [1.29, 1.82) is 0 Å². The third-order valence-corrected chi connectivity index (χ3v) is 4.07. The lowest BCUT2D eigenvalue weighted by atomic mass is 10.1. The fourth-order valence-corrected chi connectivity index (χ4v) is 2.80. The van der Waals surface area contributed by atoms with Crippen molar-refractivity contribution >= 4 is 51.9 Å². The number of aliphatic imine (C=N–C) groups is 1. The number of azo groups is 1. The predicted octanol–water partition coefficient (Wildman–Crippen LogP) is 4.39. The van der Waals surface area contributed by atoms with Crippen LogP contribution in [0.2, 0.25) is 5.02 Å². The number of carbonyl (C=O) groups excluding carboxylic acids is 1. The Kier molecular flexibility index (Phi) is 4.64. The summed E-state index contributed by atoms with van der Waals surface area (Å²) in [4.78, 5) is 15.6.